The van der Waals surface area contributed by atoms with Crippen LogP contribution in [0, 0.1) is 10.1 Å². The van der Waals surface area contributed by atoms with Crippen LogP contribution in [0.1, 0.15) is 15.9 Å². The minimum absolute atomic E-state index is 0.143. The monoisotopic (exact) mass is 394 g/mol. The Kier molecular flexibility index (Phi) is 5.81. The first-order valence-corrected chi connectivity index (χ1v) is 9.02. The zero-order chi connectivity index (χ0) is 20.1. The van der Waals surface area contributed by atoms with Crippen LogP contribution in [0.15, 0.2) is 71.7 Å². The molecule has 0 spiro atoms. The van der Waals surface area contributed by atoms with Gasteiger partial charge in [0.25, 0.3) is 16.8 Å². The van der Waals surface area contributed by atoms with Gasteiger partial charge in [0.1, 0.15) is 0 Å². The maximum Gasteiger partial charge on any atom is 0.293 e. The molecule has 0 saturated carbocycles. The van der Waals surface area contributed by atoms with E-state index in [1.807, 2.05) is 30.3 Å². The number of nitro groups is 1. The maximum atomic E-state index is 12.4. The Morgan fingerprint density at radius 2 is 1.75 bits per heavy atom. The van der Waals surface area contributed by atoms with Crippen LogP contribution in [0.2, 0.25) is 0 Å². The van der Waals surface area contributed by atoms with Crippen molar-refractivity contribution < 1.29 is 19.3 Å². The summed E-state index contributed by atoms with van der Waals surface area (Å²) < 4.78 is 0. The Bertz CT molecular complexity index is 997. The molecule has 0 bridgehead atoms. The number of allylic oxidation sites excluding steroid dienone is 2. The molecule has 0 radical (unpaired) electrons. The zero-order valence-corrected chi connectivity index (χ0v) is 15.3. The van der Waals surface area contributed by atoms with Crippen LogP contribution in [-0.4, -0.2) is 33.3 Å². The average molecular weight is 394 g/mol. The van der Waals surface area contributed by atoms with Gasteiger partial charge in [0, 0.05) is 17.7 Å². The lowest BCUT2D eigenvalue weighted by molar-refractivity contribution is -0.384. The topological polar surface area (TPSA) is 97.6 Å². The highest BCUT2D eigenvalue weighted by Gasteiger charge is 2.36. The normalized spacial score (nSPS) is 15.6. The van der Waals surface area contributed by atoms with Gasteiger partial charge in [-0.3, -0.25) is 29.4 Å². The summed E-state index contributed by atoms with van der Waals surface area (Å²) in [6, 6.07) is 14.5. The number of nitro benzene ring substituents is 1. The van der Waals surface area contributed by atoms with Crippen LogP contribution in [0.5, 0.6) is 0 Å². The first-order chi connectivity index (χ1) is 13.5. The van der Waals surface area contributed by atoms with Crippen molar-refractivity contribution in [2.75, 3.05) is 6.54 Å². The Morgan fingerprint density at radius 1 is 1.07 bits per heavy atom. The second kappa shape index (κ2) is 8.45. The van der Waals surface area contributed by atoms with Crippen LogP contribution in [0.4, 0.5) is 10.5 Å². The predicted molar refractivity (Wildman–Crippen MR) is 106 cm³/mol. The fourth-order valence-corrected chi connectivity index (χ4v) is 3.26. The fourth-order valence-electron chi connectivity index (χ4n) is 2.47. The van der Waals surface area contributed by atoms with Gasteiger partial charge < -0.3 is 0 Å². The molecule has 1 heterocycles. The molecule has 1 aliphatic rings. The Morgan fingerprint density at radius 3 is 2.39 bits per heavy atom. The molecule has 1 saturated heterocycles. The number of amides is 2. The molecule has 1 fully saturated rings. The molecule has 0 aliphatic carbocycles. The molecule has 2 aromatic carbocycles. The number of ketones is 1. The van der Waals surface area contributed by atoms with E-state index < -0.39 is 28.4 Å². The maximum absolute atomic E-state index is 12.4. The van der Waals surface area contributed by atoms with Gasteiger partial charge in [-0.2, -0.15) is 0 Å². The van der Waals surface area contributed by atoms with E-state index in [1.54, 1.807) is 12.2 Å². The van der Waals surface area contributed by atoms with Crippen LogP contribution in [0.3, 0.4) is 0 Å². The fraction of sp³-hybridized carbons (Fsp3) is 0.0500. The highest BCUT2D eigenvalue weighted by atomic mass is 32.2. The second-order valence-corrected chi connectivity index (χ2v) is 6.78. The highest BCUT2D eigenvalue weighted by molar-refractivity contribution is 8.18. The number of thioether (sulfide) groups is 1. The van der Waals surface area contributed by atoms with Crippen molar-refractivity contribution in [3.63, 3.8) is 0 Å². The van der Waals surface area contributed by atoms with Crippen molar-refractivity contribution in [2.45, 2.75) is 0 Å². The minimum Gasteiger partial charge on any atom is -0.292 e. The molecule has 140 valence electrons. The van der Waals surface area contributed by atoms with E-state index in [0.717, 1.165) is 22.2 Å². The van der Waals surface area contributed by atoms with E-state index in [9.17, 15) is 24.5 Å². The second-order valence-electron chi connectivity index (χ2n) is 5.79. The number of imide groups is 1. The molecular formula is C20H14N2O5S. The quantitative estimate of drug-likeness (QED) is 0.317. The highest BCUT2D eigenvalue weighted by Crippen LogP contribution is 2.30. The van der Waals surface area contributed by atoms with Crippen molar-refractivity contribution in [3.8, 4) is 0 Å². The first kappa shape index (κ1) is 19.2. The third-order valence-corrected chi connectivity index (χ3v) is 4.84. The number of hydrogen-bond acceptors (Lipinski definition) is 6. The Hall–Kier alpha value is -3.52. The van der Waals surface area contributed by atoms with Crippen LogP contribution < -0.4 is 0 Å². The van der Waals surface area contributed by atoms with Crippen molar-refractivity contribution in [3.05, 3.63) is 92.9 Å². The standard InChI is InChI=1S/C20H14N2O5S/c23-17(15-9-11-16(12-10-15)22(26)27)13-21-19(24)18(28-20(21)25)8-4-7-14-5-2-1-3-6-14/h1-12H,13H2/b7-4+,18-8+. The van der Waals surface area contributed by atoms with Gasteiger partial charge in [-0.25, -0.2) is 0 Å². The lowest BCUT2D eigenvalue weighted by Gasteiger charge is -2.11. The molecule has 0 unspecified atom stereocenters. The third-order valence-electron chi connectivity index (χ3n) is 3.91. The number of benzene rings is 2. The predicted octanol–water partition coefficient (Wildman–Crippen LogP) is 4.07. The minimum atomic E-state index is -0.571. The largest absolute Gasteiger partial charge is 0.293 e. The number of carbonyl (C=O) groups is 3. The first-order valence-electron chi connectivity index (χ1n) is 8.20. The van der Waals surface area contributed by atoms with Crippen molar-refractivity contribution in [1.82, 2.24) is 4.90 Å². The molecule has 2 amide bonds. The van der Waals surface area contributed by atoms with E-state index in [0.29, 0.717) is 0 Å². The van der Waals surface area contributed by atoms with Gasteiger partial charge in [0.05, 0.1) is 16.4 Å². The lowest BCUT2D eigenvalue weighted by atomic mass is 10.1. The summed E-state index contributed by atoms with van der Waals surface area (Å²) in [7, 11) is 0. The smallest absolute Gasteiger partial charge is 0.292 e. The number of Topliss-reactive ketones (excluding diaryl/α,β-unsaturated/α-hetero) is 1. The summed E-state index contributed by atoms with van der Waals surface area (Å²) in [4.78, 5) is 48.0. The summed E-state index contributed by atoms with van der Waals surface area (Å²) in [6.45, 7) is -0.414. The molecule has 1 aliphatic heterocycles. The summed E-state index contributed by atoms with van der Waals surface area (Å²) in [5, 5.41) is 10.1. The van der Waals surface area contributed by atoms with Gasteiger partial charge in [0.2, 0.25) is 0 Å². The van der Waals surface area contributed by atoms with E-state index in [4.69, 9.17) is 0 Å². The third kappa shape index (κ3) is 4.41. The van der Waals surface area contributed by atoms with Gasteiger partial charge >= 0.3 is 0 Å². The summed E-state index contributed by atoms with van der Waals surface area (Å²) in [5.74, 6) is -1.01. The molecule has 3 rings (SSSR count). The summed E-state index contributed by atoms with van der Waals surface area (Å²) >= 11 is 0.766. The molecule has 28 heavy (non-hydrogen) atoms. The van der Waals surface area contributed by atoms with Crippen molar-refractivity contribution in [1.29, 1.82) is 0 Å². The van der Waals surface area contributed by atoms with E-state index in [1.165, 1.54) is 30.3 Å². The zero-order valence-electron chi connectivity index (χ0n) is 14.5. The average Bonchev–Trinajstić information content (AvgIpc) is 2.96. The van der Waals surface area contributed by atoms with Crippen LogP contribution in [0.25, 0.3) is 6.08 Å². The van der Waals surface area contributed by atoms with E-state index in [2.05, 4.69) is 0 Å². The Labute approximate surface area is 164 Å². The Balaban J connectivity index is 1.67. The lowest BCUT2D eigenvalue weighted by Crippen LogP contribution is -2.33. The number of non-ortho nitro benzene ring substituents is 1. The van der Waals surface area contributed by atoms with Gasteiger partial charge in [-0.15, -0.1) is 0 Å². The number of hydrogen-bond donors (Lipinski definition) is 0. The van der Waals surface area contributed by atoms with E-state index in [-0.39, 0.29) is 16.2 Å². The summed E-state index contributed by atoms with van der Waals surface area (Å²) in [6.07, 6.45) is 5.01. The van der Waals surface area contributed by atoms with Crippen molar-refractivity contribution >= 4 is 40.5 Å². The molecule has 0 atom stereocenters. The van der Waals surface area contributed by atoms with Gasteiger partial charge in [-0.1, -0.05) is 42.5 Å². The number of carbonyl (C=O) groups excluding carboxylic acids is 3. The molecule has 8 heteroatoms. The molecule has 2 aromatic rings. The molecule has 7 nitrogen and oxygen atoms in total. The van der Waals surface area contributed by atoms with Gasteiger partial charge in [0.15, 0.2) is 5.78 Å². The summed E-state index contributed by atoms with van der Waals surface area (Å²) in [5.41, 5.74) is 1.000. The van der Waals surface area contributed by atoms with Crippen LogP contribution in [-0.2, 0) is 4.79 Å². The molecule has 0 aromatic heterocycles. The molecule has 0 N–H and O–H groups in total. The van der Waals surface area contributed by atoms with Gasteiger partial charge in [-0.05, 0) is 35.5 Å². The van der Waals surface area contributed by atoms with E-state index >= 15 is 0 Å². The SMILES string of the molecule is O=C(CN1C(=O)S/C(=C/C=C/c2ccccc2)C1=O)c1ccc([N+](=O)[O-])cc1. The number of rotatable bonds is 6. The molecular weight excluding hydrogens is 380 g/mol. The number of nitrogens with zero attached hydrogens (tertiary/aromatic N) is 2. The van der Waals surface area contributed by atoms with Crippen LogP contribution >= 0.6 is 11.8 Å². The van der Waals surface area contributed by atoms with Crippen molar-refractivity contribution in [2.24, 2.45) is 0 Å².